The zero-order valence-electron chi connectivity index (χ0n) is 19.3. The van der Waals surface area contributed by atoms with E-state index in [1.807, 2.05) is 20.8 Å². The lowest BCUT2D eigenvalue weighted by Gasteiger charge is -2.36. The fourth-order valence-electron chi connectivity index (χ4n) is 3.77. The predicted octanol–water partition coefficient (Wildman–Crippen LogP) is 6.24. The van der Waals surface area contributed by atoms with Gasteiger partial charge in [-0.15, -0.1) is 0 Å². The summed E-state index contributed by atoms with van der Waals surface area (Å²) >= 11 is 0. The summed E-state index contributed by atoms with van der Waals surface area (Å²) < 4.78 is 5.28. The molecule has 154 valence electrons. The smallest absolute Gasteiger partial charge is 0.311 e. The van der Waals surface area contributed by atoms with E-state index in [1.165, 1.54) is 0 Å². The summed E-state index contributed by atoms with van der Waals surface area (Å²) in [5, 5.41) is 11.0. The summed E-state index contributed by atoms with van der Waals surface area (Å²) in [7, 11) is 0. The van der Waals surface area contributed by atoms with E-state index in [0.717, 1.165) is 16.7 Å². The maximum atomic E-state index is 12.4. The van der Waals surface area contributed by atoms with Gasteiger partial charge in [0.2, 0.25) is 0 Å². The van der Waals surface area contributed by atoms with Gasteiger partial charge >= 0.3 is 5.97 Å². The van der Waals surface area contributed by atoms with Crippen LogP contribution in [0.1, 0.15) is 99.3 Å². The van der Waals surface area contributed by atoms with E-state index in [4.69, 9.17) is 4.74 Å². The summed E-state index contributed by atoms with van der Waals surface area (Å²) in [6.07, 6.45) is 0.663. The van der Waals surface area contributed by atoms with Crippen LogP contribution in [0.5, 0.6) is 5.75 Å². The highest BCUT2D eigenvalue weighted by atomic mass is 16.5. The molecule has 3 heteroatoms. The number of benzene rings is 1. The van der Waals surface area contributed by atoms with Crippen molar-refractivity contribution >= 4 is 5.97 Å². The number of carbonyl (C=O) groups is 1. The molecular formula is C24H40O3. The van der Waals surface area contributed by atoms with Crippen LogP contribution in [0.4, 0.5) is 0 Å². The van der Waals surface area contributed by atoms with Gasteiger partial charge in [-0.05, 0) is 60.1 Å². The number of ether oxygens (including phenoxy) is 1. The molecule has 0 atom stereocenters. The highest BCUT2D eigenvalue weighted by Crippen LogP contribution is 2.44. The van der Waals surface area contributed by atoms with Crippen molar-refractivity contribution in [3.63, 3.8) is 0 Å². The molecule has 0 heterocycles. The molecule has 0 bridgehead atoms. The Bertz CT molecular complexity index is 648. The fourth-order valence-corrected chi connectivity index (χ4v) is 3.77. The van der Waals surface area contributed by atoms with E-state index in [-0.39, 0.29) is 22.2 Å². The third-order valence-corrected chi connectivity index (χ3v) is 5.22. The molecule has 3 nitrogen and oxygen atoms in total. The highest BCUT2D eigenvalue weighted by Gasteiger charge is 2.38. The first kappa shape index (κ1) is 23.5. The zero-order valence-corrected chi connectivity index (χ0v) is 19.3. The lowest BCUT2D eigenvalue weighted by atomic mass is 9.68. The van der Waals surface area contributed by atoms with Gasteiger partial charge in [0.1, 0.15) is 5.75 Å². The topological polar surface area (TPSA) is 46.5 Å². The van der Waals surface area contributed by atoms with Crippen LogP contribution in [0.15, 0.2) is 12.1 Å². The minimum Gasteiger partial charge on any atom is -0.507 e. The van der Waals surface area contributed by atoms with Crippen LogP contribution in [-0.2, 0) is 25.8 Å². The third kappa shape index (κ3) is 5.49. The van der Waals surface area contributed by atoms with Crippen molar-refractivity contribution in [3.8, 4) is 5.75 Å². The summed E-state index contributed by atoms with van der Waals surface area (Å²) in [5.41, 5.74) is 1.87. The zero-order chi connectivity index (χ0) is 21.4. The SMILES string of the molecule is CCOC(=O)C(C)(C)CC(C)(C)c1cc(C(C)(C)C)c(O)c(C(C)(C)C)c1. The third-order valence-electron chi connectivity index (χ3n) is 5.22. The van der Waals surface area contributed by atoms with E-state index < -0.39 is 5.41 Å². The number of rotatable bonds is 5. The van der Waals surface area contributed by atoms with Crippen molar-refractivity contribution in [2.24, 2.45) is 5.41 Å². The van der Waals surface area contributed by atoms with Gasteiger partial charge < -0.3 is 9.84 Å². The molecule has 1 N–H and O–H groups in total. The monoisotopic (exact) mass is 376 g/mol. The van der Waals surface area contributed by atoms with Crippen LogP contribution in [0.3, 0.4) is 0 Å². The summed E-state index contributed by atoms with van der Waals surface area (Å²) in [5.74, 6) is 0.225. The van der Waals surface area contributed by atoms with Crippen molar-refractivity contribution in [3.05, 3.63) is 28.8 Å². The number of phenols is 1. The maximum Gasteiger partial charge on any atom is 0.311 e. The number of hydrogen-bond acceptors (Lipinski definition) is 3. The molecule has 0 unspecified atom stereocenters. The van der Waals surface area contributed by atoms with E-state index >= 15 is 0 Å². The molecule has 0 spiro atoms. The Labute approximate surface area is 166 Å². The van der Waals surface area contributed by atoms with Gasteiger partial charge in [-0.1, -0.05) is 67.5 Å². The first-order chi connectivity index (χ1) is 11.9. The van der Waals surface area contributed by atoms with Gasteiger partial charge in [0.05, 0.1) is 12.0 Å². The van der Waals surface area contributed by atoms with E-state index in [1.54, 1.807) is 0 Å². The number of hydrogen-bond donors (Lipinski definition) is 1. The molecule has 0 radical (unpaired) electrons. The van der Waals surface area contributed by atoms with Crippen LogP contribution in [-0.4, -0.2) is 17.7 Å². The summed E-state index contributed by atoms with van der Waals surface area (Å²) in [4.78, 5) is 12.4. The molecule has 0 aromatic heterocycles. The van der Waals surface area contributed by atoms with Crippen LogP contribution in [0.2, 0.25) is 0 Å². The van der Waals surface area contributed by atoms with E-state index in [9.17, 15) is 9.90 Å². The quantitative estimate of drug-likeness (QED) is 0.618. The first-order valence-electron chi connectivity index (χ1n) is 9.99. The van der Waals surface area contributed by atoms with Crippen molar-refractivity contribution in [2.75, 3.05) is 6.61 Å². The van der Waals surface area contributed by atoms with Gasteiger partial charge in [-0.25, -0.2) is 0 Å². The van der Waals surface area contributed by atoms with E-state index in [2.05, 4.69) is 67.5 Å². The Hall–Kier alpha value is -1.51. The number of aromatic hydroxyl groups is 1. The highest BCUT2D eigenvalue weighted by molar-refractivity contribution is 5.76. The molecule has 1 aromatic carbocycles. The van der Waals surface area contributed by atoms with Crippen molar-refractivity contribution < 1.29 is 14.6 Å². The number of phenolic OH excluding ortho intramolecular Hbond substituents is 1. The first-order valence-corrected chi connectivity index (χ1v) is 9.99. The molecule has 0 fully saturated rings. The van der Waals surface area contributed by atoms with Crippen LogP contribution in [0.25, 0.3) is 0 Å². The number of carbonyl (C=O) groups excluding carboxylic acids is 1. The van der Waals surface area contributed by atoms with Gasteiger partial charge in [0.25, 0.3) is 0 Å². The van der Waals surface area contributed by atoms with Gasteiger partial charge in [-0.3, -0.25) is 4.79 Å². The fraction of sp³-hybridized carbons (Fsp3) is 0.708. The summed E-state index contributed by atoms with van der Waals surface area (Å²) in [6.45, 7) is 23.2. The Morgan fingerprint density at radius 3 is 1.63 bits per heavy atom. The minimum atomic E-state index is -0.582. The minimum absolute atomic E-state index is 0.163. The Kier molecular flexibility index (Phi) is 6.52. The molecule has 0 saturated carbocycles. The molecule has 1 aromatic rings. The lowest BCUT2D eigenvalue weighted by Crippen LogP contribution is -2.34. The number of esters is 1. The van der Waals surface area contributed by atoms with Gasteiger partial charge in [0.15, 0.2) is 0 Å². The Morgan fingerprint density at radius 2 is 1.30 bits per heavy atom. The second-order valence-electron chi connectivity index (χ2n) is 11.1. The van der Waals surface area contributed by atoms with Crippen LogP contribution < -0.4 is 0 Å². The largest absolute Gasteiger partial charge is 0.507 e. The molecule has 0 aliphatic carbocycles. The van der Waals surface area contributed by atoms with Crippen molar-refractivity contribution in [1.82, 2.24) is 0 Å². The molecule has 0 saturated heterocycles. The second-order valence-corrected chi connectivity index (χ2v) is 11.1. The Morgan fingerprint density at radius 1 is 0.889 bits per heavy atom. The van der Waals surface area contributed by atoms with Gasteiger partial charge in [0, 0.05) is 0 Å². The molecule has 0 amide bonds. The Balaban J connectivity index is 3.53. The van der Waals surface area contributed by atoms with Crippen molar-refractivity contribution in [1.29, 1.82) is 0 Å². The molecule has 0 aliphatic rings. The molecule has 27 heavy (non-hydrogen) atoms. The van der Waals surface area contributed by atoms with E-state index in [0.29, 0.717) is 18.8 Å². The second kappa shape index (κ2) is 7.48. The normalized spacial score (nSPS) is 13.6. The summed E-state index contributed by atoms with van der Waals surface area (Å²) in [6, 6.07) is 4.23. The average molecular weight is 377 g/mol. The standard InChI is InChI=1S/C24H40O3/c1-12-27-20(26)24(10,11)15-23(8,9)16-13-17(21(2,3)4)19(25)18(14-16)22(5,6)7/h13-14,25H,12,15H2,1-11H3. The van der Waals surface area contributed by atoms with Crippen LogP contribution in [0, 0.1) is 5.41 Å². The molecule has 1 rings (SSSR count). The average Bonchev–Trinajstić information content (AvgIpc) is 2.43. The lowest BCUT2D eigenvalue weighted by molar-refractivity contribution is -0.154. The maximum absolute atomic E-state index is 12.4. The predicted molar refractivity (Wildman–Crippen MR) is 114 cm³/mol. The van der Waals surface area contributed by atoms with Crippen LogP contribution >= 0.6 is 0 Å². The molecular weight excluding hydrogens is 336 g/mol. The van der Waals surface area contributed by atoms with Crippen molar-refractivity contribution in [2.45, 2.75) is 98.8 Å². The van der Waals surface area contributed by atoms with Gasteiger partial charge in [-0.2, -0.15) is 0 Å². The molecule has 0 aliphatic heterocycles.